The van der Waals surface area contributed by atoms with Crippen LogP contribution in [0.1, 0.15) is 24.5 Å². The van der Waals surface area contributed by atoms with Gasteiger partial charge in [0.1, 0.15) is 17.6 Å². The van der Waals surface area contributed by atoms with Gasteiger partial charge in [0.15, 0.2) is 0 Å². The topological polar surface area (TPSA) is 21.7 Å². The van der Waals surface area contributed by atoms with Gasteiger partial charge in [0.05, 0.1) is 7.11 Å². The highest BCUT2D eigenvalue weighted by Crippen LogP contribution is 2.30. The maximum atomic E-state index is 6.18. The van der Waals surface area contributed by atoms with Gasteiger partial charge in [0.2, 0.25) is 0 Å². The largest absolute Gasteiger partial charge is 0.497 e. The Kier molecular flexibility index (Phi) is 4.64. The molecule has 22 heavy (non-hydrogen) atoms. The number of fused-ring (bicyclic) bond motifs is 1. The van der Waals surface area contributed by atoms with Gasteiger partial charge >= 0.3 is 0 Å². The molecule has 1 unspecified atom stereocenters. The van der Waals surface area contributed by atoms with Gasteiger partial charge in [-0.05, 0) is 30.2 Å². The molecule has 0 bridgehead atoms. The molecule has 2 aromatic carbocycles. The summed E-state index contributed by atoms with van der Waals surface area (Å²) in [7, 11) is 1.70. The van der Waals surface area contributed by atoms with Crippen LogP contribution in [0.3, 0.4) is 0 Å². The summed E-state index contributed by atoms with van der Waals surface area (Å²) in [5.41, 5.74) is 2.54. The molecule has 3 heteroatoms. The van der Waals surface area contributed by atoms with Crippen molar-refractivity contribution < 1.29 is 9.47 Å². The van der Waals surface area contributed by atoms with Crippen LogP contribution in [0.25, 0.3) is 0 Å². The van der Waals surface area contributed by atoms with Crippen molar-refractivity contribution in [3.8, 4) is 11.5 Å². The molecule has 0 aliphatic carbocycles. The van der Waals surface area contributed by atoms with Gasteiger partial charge in [-0.15, -0.1) is 0 Å². The van der Waals surface area contributed by atoms with E-state index in [4.69, 9.17) is 9.47 Å². The number of methoxy groups -OCH3 is 1. The van der Waals surface area contributed by atoms with Crippen molar-refractivity contribution in [2.24, 2.45) is 0 Å². The highest BCUT2D eigenvalue weighted by Gasteiger charge is 2.22. The summed E-state index contributed by atoms with van der Waals surface area (Å²) in [6, 6.07) is 16.7. The molecule has 0 saturated heterocycles. The standard InChI is InChI=1S/C19H23NO2/c1-3-17-14-20(12-15-7-5-4-6-8-15)13-16-11-18(21-2)9-10-19(16)22-17/h4-11,17H,3,12-14H2,1-2H3. The minimum absolute atomic E-state index is 0.235. The van der Waals surface area contributed by atoms with Gasteiger partial charge in [-0.3, -0.25) is 4.90 Å². The Labute approximate surface area is 132 Å². The molecular formula is C19H23NO2. The molecule has 1 heterocycles. The number of ether oxygens (including phenoxy) is 2. The summed E-state index contributed by atoms with van der Waals surface area (Å²) in [6.07, 6.45) is 1.25. The van der Waals surface area contributed by atoms with Crippen LogP contribution in [0.5, 0.6) is 11.5 Å². The maximum Gasteiger partial charge on any atom is 0.124 e. The van der Waals surface area contributed by atoms with Crippen molar-refractivity contribution in [3.05, 3.63) is 59.7 Å². The van der Waals surface area contributed by atoms with Crippen molar-refractivity contribution in [2.45, 2.75) is 32.5 Å². The third kappa shape index (κ3) is 3.42. The van der Waals surface area contributed by atoms with Gasteiger partial charge in [-0.1, -0.05) is 37.3 Å². The molecule has 0 amide bonds. The van der Waals surface area contributed by atoms with E-state index in [-0.39, 0.29) is 6.10 Å². The summed E-state index contributed by atoms with van der Waals surface area (Å²) < 4.78 is 11.5. The summed E-state index contributed by atoms with van der Waals surface area (Å²) in [6.45, 7) is 4.96. The Morgan fingerprint density at radius 2 is 2.00 bits per heavy atom. The molecule has 1 aliphatic heterocycles. The lowest BCUT2D eigenvalue weighted by molar-refractivity contribution is 0.139. The van der Waals surface area contributed by atoms with Crippen molar-refractivity contribution in [2.75, 3.05) is 13.7 Å². The summed E-state index contributed by atoms with van der Waals surface area (Å²) in [5, 5.41) is 0. The molecule has 0 radical (unpaired) electrons. The average molecular weight is 297 g/mol. The lowest BCUT2D eigenvalue weighted by Gasteiger charge is -2.23. The molecule has 1 aliphatic rings. The molecule has 0 aromatic heterocycles. The van der Waals surface area contributed by atoms with E-state index in [2.05, 4.69) is 48.2 Å². The van der Waals surface area contributed by atoms with Crippen LogP contribution in [0.15, 0.2) is 48.5 Å². The highest BCUT2D eigenvalue weighted by atomic mass is 16.5. The van der Waals surface area contributed by atoms with Crippen LogP contribution in [0.4, 0.5) is 0 Å². The number of nitrogens with zero attached hydrogens (tertiary/aromatic N) is 1. The van der Waals surface area contributed by atoms with Crippen LogP contribution in [-0.4, -0.2) is 24.7 Å². The predicted octanol–water partition coefficient (Wildman–Crippen LogP) is 3.87. The monoisotopic (exact) mass is 297 g/mol. The van der Waals surface area contributed by atoms with Crippen LogP contribution in [0, 0.1) is 0 Å². The average Bonchev–Trinajstić information content (AvgIpc) is 2.73. The molecule has 2 aromatic rings. The van der Waals surface area contributed by atoms with E-state index in [0.717, 1.165) is 37.6 Å². The van der Waals surface area contributed by atoms with E-state index < -0.39 is 0 Å². The zero-order valence-corrected chi connectivity index (χ0v) is 13.3. The smallest absolute Gasteiger partial charge is 0.124 e. The second-order valence-electron chi connectivity index (χ2n) is 5.78. The fourth-order valence-electron chi connectivity index (χ4n) is 2.91. The molecular weight excluding hydrogens is 274 g/mol. The van der Waals surface area contributed by atoms with Crippen molar-refractivity contribution in [1.82, 2.24) is 4.90 Å². The lowest BCUT2D eigenvalue weighted by atomic mass is 10.1. The lowest BCUT2D eigenvalue weighted by Crippen LogP contribution is -2.32. The van der Waals surface area contributed by atoms with E-state index in [1.165, 1.54) is 11.1 Å². The van der Waals surface area contributed by atoms with Crippen molar-refractivity contribution >= 4 is 0 Å². The normalized spacial score (nSPS) is 18.2. The Bertz CT molecular complexity index is 612. The second kappa shape index (κ2) is 6.84. The van der Waals surface area contributed by atoms with E-state index >= 15 is 0 Å². The summed E-state index contributed by atoms with van der Waals surface area (Å²) in [4.78, 5) is 2.45. The third-order valence-corrected chi connectivity index (χ3v) is 4.12. The number of hydrogen-bond donors (Lipinski definition) is 0. The molecule has 116 valence electrons. The van der Waals surface area contributed by atoms with E-state index in [1.807, 2.05) is 12.1 Å². The van der Waals surface area contributed by atoms with Crippen LogP contribution in [-0.2, 0) is 13.1 Å². The first-order chi connectivity index (χ1) is 10.8. The van der Waals surface area contributed by atoms with E-state index in [1.54, 1.807) is 7.11 Å². The predicted molar refractivity (Wildman–Crippen MR) is 88.3 cm³/mol. The fraction of sp³-hybridized carbons (Fsp3) is 0.368. The molecule has 0 spiro atoms. The zero-order chi connectivity index (χ0) is 15.4. The first kappa shape index (κ1) is 14.9. The maximum absolute atomic E-state index is 6.18. The first-order valence-corrected chi connectivity index (χ1v) is 7.88. The quantitative estimate of drug-likeness (QED) is 0.855. The fourth-order valence-corrected chi connectivity index (χ4v) is 2.91. The Morgan fingerprint density at radius 3 is 2.73 bits per heavy atom. The molecule has 0 N–H and O–H groups in total. The molecule has 3 nitrogen and oxygen atoms in total. The van der Waals surface area contributed by atoms with E-state index in [0.29, 0.717) is 0 Å². The van der Waals surface area contributed by atoms with Gasteiger partial charge in [0, 0.05) is 25.2 Å². The molecule has 3 rings (SSSR count). The number of hydrogen-bond acceptors (Lipinski definition) is 3. The minimum atomic E-state index is 0.235. The SMILES string of the molecule is CCC1CN(Cc2ccccc2)Cc2cc(OC)ccc2O1. The first-order valence-electron chi connectivity index (χ1n) is 7.88. The molecule has 0 fully saturated rings. The molecule has 0 saturated carbocycles. The number of rotatable bonds is 4. The van der Waals surface area contributed by atoms with Gasteiger partial charge in [-0.2, -0.15) is 0 Å². The Hall–Kier alpha value is -2.00. The van der Waals surface area contributed by atoms with Crippen molar-refractivity contribution in [1.29, 1.82) is 0 Å². The molecule has 1 atom stereocenters. The minimum Gasteiger partial charge on any atom is -0.497 e. The summed E-state index contributed by atoms with van der Waals surface area (Å²) >= 11 is 0. The van der Waals surface area contributed by atoms with Gasteiger partial charge in [0.25, 0.3) is 0 Å². The van der Waals surface area contributed by atoms with Gasteiger partial charge < -0.3 is 9.47 Å². The highest BCUT2D eigenvalue weighted by molar-refractivity contribution is 5.41. The third-order valence-electron chi connectivity index (χ3n) is 4.12. The zero-order valence-electron chi connectivity index (χ0n) is 13.3. The van der Waals surface area contributed by atoms with Crippen LogP contribution < -0.4 is 9.47 Å². The van der Waals surface area contributed by atoms with Crippen LogP contribution >= 0.6 is 0 Å². The summed E-state index contributed by atoms with van der Waals surface area (Å²) in [5.74, 6) is 1.88. The Morgan fingerprint density at radius 1 is 1.18 bits per heavy atom. The Balaban J connectivity index is 1.84. The van der Waals surface area contributed by atoms with Crippen LogP contribution in [0.2, 0.25) is 0 Å². The second-order valence-corrected chi connectivity index (χ2v) is 5.78. The van der Waals surface area contributed by atoms with E-state index in [9.17, 15) is 0 Å². The van der Waals surface area contributed by atoms with Crippen molar-refractivity contribution in [3.63, 3.8) is 0 Å². The van der Waals surface area contributed by atoms with Gasteiger partial charge in [-0.25, -0.2) is 0 Å². The number of benzene rings is 2.